The Morgan fingerprint density at radius 1 is 1.27 bits per heavy atom. The number of aromatic nitrogens is 1. The lowest BCUT2D eigenvalue weighted by molar-refractivity contribution is 0.0819. The maximum absolute atomic E-state index is 12.4. The van der Waals surface area contributed by atoms with E-state index in [0.717, 1.165) is 43.9 Å². The van der Waals surface area contributed by atoms with Crippen LogP contribution in [0.4, 0.5) is 0 Å². The number of carbonyl (C=O) groups excluding carboxylic acids is 1. The zero-order valence-electron chi connectivity index (χ0n) is 15.8. The Balaban J connectivity index is 1.24. The van der Waals surface area contributed by atoms with E-state index in [-0.39, 0.29) is 11.9 Å². The van der Waals surface area contributed by atoms with Crippen molar-refractivity contribution in [3.8, 4) is 0 Å². The van der Waals surface area contributed by atoms with Crippen LogP contribution < -0.4 is 11.1 Å². The van der Waals surface area contributed by atoms with E-state index in [0.29, 0.717) is 23.7 Å². The highest BCUT2D eigenvalue weighted by atomic mass is 16.5. The van der Waals surface area contributed by atoms with Gasteiger partial charge >= 0.3 is 0 Å². The zero-order chi connectivity index (χ0) is 18.1. The fraction of sp³-hybridized carbons (Fsp3) is 0.800. The summed E-state index contributed by atoms with van der Waals surface area (Å²) in [5, 5.41) is 7.12. The standard InChI is InChI=1S/C20H32N4O2/c1-13-10-17(8-9-24(13)12-14-2-6-16(21)7-3-14)22-20(25)18-11-19(26-23-18)15-4-5-15/h11,13-17H,2-10,12,21H2,1H3,(H,22,25)/t13-,14?,16?,17?/m1/s1. The molecule has 1 amide bonds. The number of nitrogens with zero attached hydrogens (tertiary/aromatic N) is 2. The van der Waals surface area contributed by atoms with E-state index in [1.54, 1.807) is 0 Å². The van der Waals surface area contributed by atoms with Crippen LogP contribution in [0.15, 0.2) is 10.6 Å². The van der Waals surface area contributed by atoms with Crippen molar-refractivity contribution in [2.75, 3.05) is 13.1 Å². The van der Waals surface area contributed by atoms with Crippen LogP contribution in [0.3, 0.4) is 0 Å². The van der Waals surface area contributed by atoms with Crippen LogP contribution in [0.25, 0.3) is 0 Å². The Bertz CT molecular complexity index is 619. The summed E-state index contributed by atoms with van der Waals surface area (Å²) in [5.74, 6) is 2.05. The predicted molar refractivity (Wildman–Crippen MR) is 99.9 cm³/mol. The number of likely N-dealkylation sites (tertiary alicyclic amines) is 1. The van der Waals surface area contributed by atoms with Crippen LogP contribution in [-0.4, -0.2) is 47.2 Å². The van der Waals surface area contributed by atoms with E-state index < -0.39 is 0 Å². The first kappa shape index (κ1) is 18.0. The molecule has 0 aromatic carbocycles. The van der Waals surface area contributed by atoms with Gasteiger partial charge in [0.15, 0.2) is 5.69 Å². The van der Waals surface area contributed by atoms with Crippen molar-refractivity contribution in [2.45, 2.75) is 82.3 Å². The summed E-state index contributed by atoms with van der Waals surface area (Å²) in [6, 6.07) is 2.97. The fourth-order valence-electron chi connectivity index (χ4n) is 4.54. The molecule has 1 aromatic heterocycles. The molecule has 3 N–H and O–H groups in total. The van der Waals surface area contributed by atoms with Crippen LogP contribution >= 0.6 is 0 Å². The van der Waals surface area contributed by atoms with Gasteiger partial charge in [0.2, 0.25) is 0 Å². The summed E-state index contributed by atoms with van der Waals surface area (Å²) in [6.07, 6.45) is 9.19. The van der Waals surface area contributed by atoms with Gasteiger partial charge in [-0.1, -0.05) is 5.16 Å². The highest BCUT2D eigenvalue weighted by Gasteiger charge is 2.31. The van der Waals surface area contributed by atoms with Gasteiger partial charge in [0.1, 0.15) is 5.76 Å². The van der Waals surface area contributed by atoms with E-state index in [4.69, 9.17) is 10.3 Å². The Hall–Kier alpha value is -1.40. The molecule has 2 aliphatic carbocycles. The summed E-state index contributed by atoms with van der Waals surface area (Å²) in [4.78, 5) is 15.0. The highest BCUT2D eigenvalue weighted by molar-refractivity contribution is 5.92. The molecule has 1 aliphatic heterocycles. The Morgan fingerprint density at radius 2 is 2.04 bits per heavy atom. The lowest BCUT2D eigenvalue weighted by atomic mass is 9.85. The van der Waals surface area contributed by atoms with Crippen LogP contribution in [0.5, 0.6) is 0 Å². The second kappa shape index (κ2) is 7.69. The largest absolute Gasteiger partial charge is 0.360 e. The third-order valence-electron chi connectivity index (χ3n) is 6.47. The van der Waals surface area contributed by atoms with Gasteiger partial charge in [0, 0.05) is 43.2 Å². The molecule has 26 heavy (non-hydrogen) atoms. The minimum absolute atomic E-state index is 0.0902. The Kier molecular flexibility index (Phi) is 5.32. The molecule has 2 saturated carbocycles. The molecule has 4 rings (SSSR count). The number of hydrogen-bond donors (Lipinski definition) is 2. The number of carbonyl (C=O) groups is 1. The molecule has 1 aromatic rings. The van der Waals surface area contributed by atoms with Crippen LogP contribution in [0.1, 0.15) is 80.5 Å². The normalized spacial score (nSPS) is 33.2. The van der Waals surface area contributed by atoms with Crippen molar-refractivity contribution < 1.29 is 9.32 Å². The van der Waals surface area contributed by atoms with Crippen molar-refractivity contribution in [2.24, 2.45) is 11.7 Å². The highest BCUT2D eigenvalue weighted by Crippen LogP contribution is 2.40. The number of rotatable bonds is 5. The van der Waals surface area contributed by atoms with Crippen molar-refractivity contribution in [1.82, 2.24) is 15.4 Å². The molecule has 144 valence electrons. The van der Waals surface area contributed by atoms with Gasteiger partial charge in [-0.05, 0) is 64.2 Å². The van der Waals surface area contributed by atoms with E-state index in [9.17, 15) is 4.79 Å². The SMILES string of the molecule is C[C@@H]1CC(NC(=O)c2cc(C3CC3)on2)CCN1CC1CCC(N)CC1. The van der Waals surface area contributed by atoms with Crippen LogP contribution in [0, 0.1) is 5.92 Å². The molecule has 0 bridgehead atoms. The molecule has 1 unspecified atom stereocenters. The molecular formula is C20H32N4O2. The third-order valence-corrected chi connectivity index (χ3v) is 6.47. The molecule has 3 fully saturated rings. The molecule has 2 atom stereocenters. The van der Waals surface area contributed by atoms with E-state index >= 15 is 0 Å². The van der Waals surface area contributed by atoms with Gasteiger partial charge in [0.25, 0.3) is 5.91 Å². The van der Waals surface area contributed by atoms with Gasteiger partial charge in [-0.2, -0.15) is 0 Å². The quantitative estimate of drug-likeness (QED) is 0.843. The molecule has 6 nitrogen and oxygen atoms in total. The van der Waals surface area contributed by atoms with Gasteiger partial charge in [-0.15, -0.1) is 0 Å². The monoisotopic (exact) mass is 360 g/mol. The molecule has 3 aliphatic rings. The molecule has 6 heteroatoms. The Labute approximate surface area is 155 Å². The molecule has 1 saturated heterocycles. The predicted octanol–water partition coefficient (Wildman–Crippen LogP) is 2.65. The summed E-state index contributed by atoms with van der Waals surface area (Å²) in [7, 11) is 0. The van der Waals surface area contributed by atoms with Gasteiger partial charge < -0.3 is 20.5 Å². The number of amides is 1. The van der Waals surface area contributed by atoms with Crippen LogP contribution in [-0.2, 0) is 0 Å². The lowest BCUT2D eigenvalue weighted by Crippen LogP contribution is -2.50. The topological polar surface area (TPSA) is 84.4 Å². The lowest BCUT2D eigenvalue weighted by Gasteiger charge is -2.40. The minimum atomic E-state index is -0.0902. The second-order valence-electron chi connectivity index (χ2n) is 8.71. The van der Waals surface area contributed by atoms with E-state index in [1.807, 2.05) is 6.07 Å². The van der Waals surface area contributed by atoms with Gasteiger partial charge in [-0.25, -0.2) is 0 Å². The average Bonchev–Trinajstić information content (AvgIpc) is 3.36. The number of hydrogen-bond acceptors (Lipinski definition) is 5. The number of piperidine rings is 1. The van der Waals surface area contributed by atoms with Crippen LogP contribution in [0.2, 0.25) is 0 Å². The first-order chi connectivity index (χ1) is 12.6. The van der Waals surface area contributed by atoms with E-state index in [1.165, 1.54) is 32.2 Å². The van der Waals surface area contributed by atoms with Crippen molar-refractivity contribution in [1.29, 1.82) is 0 Å². The summed E-state index contributed by atoms with van der Waals surface area (Å²) < 4.78 is 5.30. The van der Waals surface area contributed by atoms with Crippen molar-refractivity contribution in [3.63, 3.8) is 0 Å². The van der Waals surface area contributed by atoms with Gasteiger partial charge in [-0.3, -0.25) is 4.79 Å². The first-order valence-corrected chi connectivity index (χ1v) is 10.4. The average molecular weight is 361 g/mol. The number of nitrogens with one attached hydrogen (secondary N) is 1. The first-order valence-electron chi connectivity index (χ1n) is 10.4. The fourth-order valence-corrected chi connectivity index (χ4v) is 4.54. The smallest absolute Gasteiger partial charge is 0.273 e. The second-order valence-corrected chi connectivity index (χ2v) is 8.71. The molecular weight excluding hydrogens is 328 g/mol. The summed E-state index contributed by atoms with van der Waals surface area (Å²) >= 11 is 0. The number of nitrogens with two attached hydrogens (primary N) is 1. The maximum atomic E-state index is 12.4. The minimum Gasteiger partial charge on any atom is -0.360 e. The molecule has 0 spiro atoms. The molecule has 0 radical (unpaired) electrons. The van der Waals surface area contributed by atoms with Crippen molar-refractivity contribution in [3.05, 3.63) is 17.5 Å². The summed E-state index contributed by atoms with van der Waals surface area (Å²) in [6.45, 7) is 4.53. The van der Waals surface area contributed by atoms with Crippen molar-refractivity contribution >= 4 is 5.91 Å². The van der Waals surface area contributed by atoms with Gasteiger partial charge in [0.05, 0.1) is 0 Å². The summed E-state index contributed by atoms with van der Waals surface area (Å²) in [5.41, 5.74) is 6.46. The zero-order valence-corrected chi connectivity index (χ0v) is 15.8. The van der Waals surface area contributed by atoms with E-state index in [2.05, 4.69) is 22.3 Å². The third kappa shape index (κ3) is 4.29. The maximum Gasteiger partial charge on any atom is 0.273 e. The Morgan fingerprint density at radius 3 is 2.73 bits per heavy atom. The molecule has 2 heterocycles.